The van der Waals surface area contributed by atoms with Gasteiger partial charge >= 0.3 is 12.1 Å². The van der Waals surface area contributed by atoms with E-state index in [1.54, 1.807) is 20.8 Å². The molecule has 0 radical (unpaired) electrons. The van der Waals surface area contributed by atoms with Crippen LogP contribution in [0, 0.1) is 5.41 Å². The van der Waals surface area contributed by atoms with Gasteiger partial charge in [-0.05, 0) is 41.5 Å². The normalized spacial score (nSPS) is 13.1. The summed E-state index contributed by atoms with van der Waals surface area (Å²) < 4.78 is 44.1. The first-order valence-electron chi connectivity index (χ1n) is 6.72. The molecule has 0 aliphatic rings. The van der Waals surface area contributed by atoms with E-state index in [-0.39, 0.29) is 10.0 Å². The summed E-state index contributed by atoms with van der Waals surface area (Å²) in [4.78, 5) is 15.2. The maximum Gasteiger partial charge on any atom is 0.434 e. The van der Waals surface area contributed by atoms with Crippen LogP contribution in [-0.4, -0.2) is 16.5 Å². The van der Waals surface area contributed by atoms with Gasteiger partial charge < -0.3 is 10.1 Å². The number of anilines is 1. The van der Waals surface area contributed by atoms with Gasteiger partial charge in [-0.3, -0.25) is 4.79 Å². The maximum atomic E-state index is 13.0. The van der Waals surface area contributed by atoms with E-state index in [9.17, 15) is 18.0 Å². The van der Waals surface area contributed by atoms with Gasteiger partial charge in [0.1, 0.15) is 6.61 Å². The Morgan fingerprint density at radius 3 is 2.14 bits per heavy atom. The van der Waals surface area contributed by atoms with Crippen molar-refractivity contribution < 1.29 is 22.7 Å². The van der Waals surface area contributed by atoms with E-state index in [1.807, 2.05) is 20.8 Å². The molecule has 1 rings (SSSR count). The second kappa shape index (κ2) is 6.06. The Balaban J connectivity index is 2.99. The first-order chi connectivity index (χ1) is 9.70. The minimum absolute atomic E-state index is 0.114. The molecule has 1 N–H and O–H groups in total. The lowest BCUT2D eigenvalue weighted by molar-refractivity contribution is -0.155. The van der Waals surface area contributed by atoms with Crippen LogP contribution >= 0.6 is 11.3 Å². The number of nitrogens with zero attached hydrogens (tertiary/aromatic N) is 1. The molecule has 8 heteroatoms. The zero-order chi connectivity index (χ0) is 17.3. The Kier molecular flexibility index (Phi) is 5.16. The first-order valence-corrected chi connectivity index (χ1v) is 7.54. The monoisotopic (exact) mass is 338 g/mol. The number of carbonyl (C=O) groups excluding carboxylic acids is 1. The molecule has 0 bridgehead atoms. The van der Waals surface area contributed by atoms with Gasteiger partial charge in [0.2, 0.25) is 0 Å². The zero-order valence-corrected chi connectivity index (χ0v) is 14.3. The zero-order valence-electron chi connectivity index (χ0n) is 13.5. The highest BCUT2D eigenvalue weighted by Crippen LogP contribution is 2.37. The van der Waals surface area contributed by atoms with Gasteiger partial charge in [0.15, 0.2) is 10.8 Å². The number of hydrogen-bond acceptors (Lipinski definition) is 5. The van der Waals surface area contributed by atoms with E-state index in [2.05, 4.69) is 10.3 Å². The number of ether oxygens (including phenoxy) is 1. The Morgan fingerprint density at radius 1 is 1.18 bits per heavy atom. The highest BCUT2D eigenvalue weighted by molar-refractivity contribution is 7.15. The van der Waals surface area contributed by atoms with Gasteiger partial charge in [-0.1, -0.05) is 11.3 Å². The minimum atomic E-state index is -4.59. The summed E-state index contributed by atoms with van der Waals surface area (Å²) in [5.74, 6) is -0.556. The number of aromatic nitrogens is 1. The number of halogens is 3. The molecule has 0 unspecified atom stereocenters. The molecule has 0 fully saturated rings. The van der Waals surface area contributed by atoms with E-state index in [4.69, 9.17) is 4.74 Å². The first kappa shape index (κ1) is 18.7. The molecule has 22 heavy (non-hydrogen) atoms. The molecule has 0 aliphatic carbocycles. The van der Waals surface area contributed by atoms with Crippen molar-refractivity contribution in [2.75, 3.05) is 5.32 Å². The van der Waals surface area contributed by atoms with Crippen LogP contribution in [0.3, 0.4) is 0 Å². The van der Waals surface area contributed by atoms with Crippen LogP contribution in [-0.2, 0) is 22.3 Å². The van der Waals surface area contributed by atoms with Gasteiger partial charge in [-0.15, -0.1) is 0 Å². The number of esters is 1. The second-order valence-corrected chi connectivity index (χ2v) is 8.07. The van der Waals surface area contributed by atoms with Crippen LogP contribution in [0.2, 0.25) is 0 Å². The fraction of sp³-hybridized carbons (Fsp3) is 0.714. The number of hydrogen-bond donors (Lipinski definition) is 1. The summed E-state index contributed by atoms with van der Waals surface area (Å²) in [5, 5.41) is 3.05. The lowest BCUT2D eigenvalue weighted by atomic mass is 9.97. The van der Waals surface area contributed by atoms with Crippen molar-refractivity contribution in [3.8, 4) is 0 Å². The molecule has 1 heterocycles. The van der Waals surface area contributed by atoms with E-state index < -0.39 is 35.4 Å². The quantitative estimate of drug-likeness (QED) is 0.827. The number of rotatable bonds is 3. The van der Waals surface area contributed by atoms with Gasteiger partial charge in [0, 0.05) is 5.54 Å². The fourth-order valence-electron chi connectivity index (χ4n) is 1.39. The molecule has 0 amide bonds. The standard InChI is InChI=1S/C14H21F3N2O2S/c1-12(2,3)10(20)21-7-8-9(14(15,16)17)18-11(22-8)19-13(4,5)6/h7H2,1-6H3,(H,18,19). The molecule has 0 aliphatic heterocycles. The average molecular weight is 338 g/mol. The third-order valence-corrected chi connectivity index (χ3v) is 3.34. The van der Waals surface area contributed by atoms with Crippen LogP contribution in [0.15, 0.2) is 0 Å². The van der Waals surface area contributed by atoms with Crippen LogP contribution in [0.4, 0.5) is 18.3 Å². The largest absolute Gasteiger partial charge is 0.459 e. The Morgan fingerprint density at radius 2 is 1.73 bits per heavy atom. The third kappa shape index (κ3) is 5.47. The Bertz CT molecular complexity index is 540. The van der Waals surface area contributed by atoms with Crippen molar-refractivity contribution in [1.82, 2.24) is 4.98 Å². The van der Waals surface area contributed by atoms with E-state index >= 15 is 0 Å². The Hall–Kier alpha value is -1.31. The molecule has 126 valence electrons. The van der Waals surface area contributed by atoms with E-state index in [0.29, 0.717) is 0 Å². The summed E-state index contributed by atoms with van der Waals surface area (Å²) in [6.45, 7) is 9.94. The summed E-state index contributed by atoms with van der Waals surface area (Å²) in [5.41, 5.74) is -2.19. The minimum Gasteiger partial charge on any atom is -0.459 e. The summed E-state index contributed by atoms with van der Waals surface area (Å²) in [7, 11) is 0. The summed E-state index contributed by atoms with van der Waals surface area (Å²) in [6, 6.07) is 0. The molecule has 0 aromatic carbocycles. The average Bonchev–Trinajstić information content (AvgIpc) is 2.64. The highest BCUT2D eigenvalue weighted by Gasteiger charge is 2.38. The van der Waals surface area contributed by atoms with Crippen LogP contribution in [0.5, 0.6) is 0 Å². The SMILES string of the molecule is CC(C)(C)Nc1nc(C(F)(F)F)c(COC(=O)C(C)(C)C)s1. The molecule has 1 aromatic heterocycles. The molecule has 0 spiro atoms. The van der Waals surface area contributed by atoms with Crippen molar-refractivity contribution in [2.45, 2.75) is 59.9 Å². The van der Waals surface area contributed by atoms with Crippen molar-refractivity contribution in [3.05, 3.63) is 10.6 Å². The number of nitrogens with one attached hydrogen (secondary N) is 1. The number of alkyl halides is 3. The topological polar surface area (TPSA) is 51.2 Å². The summed E-state index contributed by atoms with van der Waals surface area (Å²) >= 11 is 0.846. The second-order valence-electron chi connectivity index (χ2n) is 6.99. The molecular formula is C14H21F3N2O2S. The van der Waals surface area contributed by atoms with Gasteiger partial charge in [-0.2, -0.15) is 13.2 Å². The van der Waals surface area contributed by atoms with Gasteiger partial charge in [0.25, 0.3) is 0 Å². The van der Waals surface area contributed by atoms with Crippen LogP contribution < -0.4 is 5.32 Å². The lowest BCUT2D eigenvalue weighted by Gasteiger charge is -2.19. The van der Waals surface area contributed by atoms with Crippen molar-refractivity contribution in [1.29, 1.82) is 0 Å². The molecule has 4 nitrogen and oxygen atoms in total. The molecule has 0 saturated carbocycles. The Labute approximate surface area is 132 Å². The van der Waals surface area contributed by atoms with Crippen molar-refractivity contribution in [3.63, 3.8) is 0 Å². The number of carbonyl (C=O) groups is 1. The fourth-order valence-corrected chi connectivity index (χ4v) is 2.50. The van der Waals surface area contributed by atoms with Crippen molar-refractivity contribution >= 4 is 22.4 Å². The van der Waals surface area contributed by atoms with E-state index in [0.717, 1.165) is 11.3 Å². The predicted octanol–water partition coefficient (Wildman–Crippen LogP) is 4.46. The maximum absolute atomic E-state index is 13.0. The molecule has 0 atom stereocenters. The molecule has 1 aromatic rings. The molecular weight excluding hydrogens is 317 g/mol. The van der Waals surface area contributed by atoms with Gasteiger partial charge in [0.05, 0.1) is 10.3 Å². The number of thiazole rings is 1. The smallest absolute Gasteiger partial charge is 0.434 e. The predicted molar refractivity (Wildman–Crippen MR) is 79.7 cm³/mol. The summed E-state index contributed by atoms with van der Waals surface area (Å²) in [6.07, 6.45) is -4.59. The third-order valence-electron chi connectivity index (χ3n) is 2.39. The van der Waals surface area contributed by atoms with Crippen molar-refractivity contribution in [2.24, 2.45) is 5.41 Å². The molecule has 0 saturated heterocycles. The van der Waals surface area contributed by atoms with Crippen LogP contribution in [0.1, 0.15) is 52.1 Å². The van der Waals surface area contributed by atoms with E-state index in [1.165, 1.54) is 0 Å². The lowest BCUT2D eigenvalue weighted by Crippen LogP contribution is -2.26. The highest BCUT2D eigenvalue weighted by atomic mass is 32.1. The van der Waals surface area contributed by atoms with Gasteiger partial charge in [-0.25, -0.2) is 4.98 Å². The van der Waals surface area contributed by atoms with Crippen LogP contribution in [0.25, 0.3) is 0 Å².